The Morgan fingerprint density at radius 2 is 1.62 bits per heavy atom. The third-order valence-corrected chi connectivity index (χ3v) is 9.00. The molecule has 180 valence electrons. The van der Waals surface area contributed by atoms with Crippen molar-refractivity contribution in [3.63, 3.8) is 0 Å². The zero-order valence-electron chi connectivity index (χ0n) is 21.6. The van der Waals surface area contributed by atoms with Crippen LogP contribution in [-0.4, -0.2) is 4.40 Å². The highest BCUT2D eigenvalue weighted by Crippen LogP contribution is 2.43. The smallest absolute Gasteiger partial charge is 0.224 e. The zero-order chi connectivity index (χ0) is 24.7. The quantitative estimate of drug-likeness (QED) is 0.136. The van der Waals surface area contributed by atoms with Crippen molar-refractivity contribution < 1.29 is 4.57 Å². The second kappa shape index (κ2) is 7.79. The second-order valence-electron chi connectivity index (χ2n) is 11.3. The molecule has 7 aromatic rings. The molecule has 3 aromatic heterocycles. The summed E-state index contributed by atoms with van der Waals surface area (Å²) in [5, 5.41) is 6.79. The first-order valence-corrected chi connectivity index (χ1v) is 13.8. The molecule has 0 bridgehead atoms. The van der Waals surface area contributed by atoms with Gasteiger partial charge in [0.05, 0.1) is 27.3 Å². The van der Waals surface area contributed by atoms with Crippen molar-refractivity contribution in [2.75, 3.05) is 0 Å². The highest BCUT2D eigenvalue weighted by Gasteiger charge is 2.26. The minimum atomic E-state index is 0.823. The molecule has 2 heteroatoms. The molecule has 3 heterocycles. The van der Waals surface area contributed by atoms with E-state index in [-0.39, 0.29) is 0 Å². The van der Waals surface area contributed by atoms with E-state index in [1.165, 1.54) is 103 Å². The van der Waals surface area contributed by atoms with Crippen LogP contribution in [0, 0.1) is 12.8 Å². The number of nitrogens with zero attached hydrogens (tertiary/aromatic N) is 2. The van der Waals surface area contributed by atoms with Gasteiger partial charge in [-0.3, -0.25) is 0 Å². The molecule has 0 spiro atoms. The lowest BCUT2D eigenvalue weighted by Crippen LogP contribution is -2.29. The molecule has 0 N–H and O–H groups in total. The van der Waals surface area contributed by atoms with E-state index < -0.39 is 0 Å². The van der Waals surface area contributed by atoms with Gasteiger partial charge in [-0.25, -0.2) is 4.57 Å². The van der Waals surface area contributed by atoms with Crippen molar-refractivity contribution in [3.05, 3.63) is 96.2 Å². The second-order valence-corrected chi connectivity index (χ2v) is 11.3. The maximum atomic E-state index is 2.61. The molecule has 0 radical (unpaired) electrons. The van der Waals surface area contributed by atoms with Crippen molar-refractivity contribution >= 4 is 49.0 Å². The third kappa shape index (κ3) is 2.96. The minimum Gasteiger partial charge on any atom is -0.307 e. The predicted molar refractivity (Wildman–Crippen MR) is 156 cm³/mol. The number of hydrogen-bond acceptors (Lipinski definition) is 0. The van der Waals surface area contributed by atoms with E-state index in [4.69, 9.17) is 0 Å². The first kappa shape index (κ1) is 21.2. The minimum absolute atomic E-state index is 0.823. The Balaban J connectivity index is 1.62. The van der Waals surface area contributed by atoms with Crippen LogP contribution in [0.25, 0.3) is 60.1 Å². The molecule has 0 saturated heterocycles. The Kier molecular flexibility index (Phi) is 4.47. The lowest BCUT2D eigenvalue weighted by Gasteiger charge is -2.16. The maximum Gasteiger partial charge on any atom is 0.224 e. The van der Waals surface area contributed by atoms with E-state index in [1.807, 2.05) is 0 Å². The molecule has 1 fully saturated rings. The third-order valence-electron chi connectivity index (χ3n) is 9.00. The van der Waals surface area contributed by atoms with Crippen LogP contribution >= 0.6 is 0 Å². The molecule has 0 aliphatic heterocycles. The number of hydrogen-bond donors (Lipinski definition) is 0. The molecule has 4 aromatic carbocycles. The average Bonchev–Trinajstić information content (AvgIpc) is 3.55. The predicted octanol–water partition coefficient (Wildman–Crippen LogP) is 8.52. The normalized spacial score (nSPS) is 14.9. The van der Waals surface area contributed by atoms with Crippen LogP contribution < -0.4 is 4.57 Å². The Hall–Kier alpha value is -3.91. The summed E-state index contributed by atoms with van der Waals surface area (Å²) in [6, 6.07) is 29.7. The van der Waals surface area contributed by atoms with E-state index in [9.17, 15) is 0 Å². The fourth-order valence-corrected chi connectivity index (χ4v) is 7.33. The van der Waals surface area contributed by atoms with Crippen LogP contribution in [0.2, 0.25) is 0 Å². The largest absolute Gasteiger partial charge is 0.307 e. The van der Waals surface area contributed by atoms with Crippen LogP contribution in [0.15, 0.2) is 85.1 Å². The van der Waals surface area contributed by atoms with Crippen molar-refractivity contribution in [2.24, 2.45) is 13.0 Å². The van der Waals surface area contributed by atoms with Gasteiger partial charge in [0.25, 0.3) is 0 Å². The zero-order valence-corrected chi connectivity index (χ0v) is 21.6. The van der Waals surface area contributed by atoms with Gasteiger partial charge in [0.15, 0.2) is 6.20 Å². The molecule has 1 saturated carbocycles. The van der Waals surface area contributed by atoms with Gasteiger partial charge < -0.3 is 4.40 Å². The van der Waals surface area contributed by atoms with Gasteiger partial charge in [-0.2, -0.15) is 0 Å². The molecule has 37 heavy (non-hydrogen) atoms. The molecule has 1 aliphatic rings. The summed E-state index contributed by atoms with van der Waals surface area (Å²) >= 11 is 0. The van der Waals surface area contributed by atoms with Crippen LogP contribution in [0.1, 0.15) is 36.8 Å². The molecule has 0 atom stereocenters. The van der Waals surface area contributed by atoms with E-state index in [0.717, 1.165) is 5.92 Å². The fourth-order valence-electron chi connectivity index (χ4n) is 7.33. The maximum absolute atomic E-state index is 2.61. The first-order valence-electron chi connectivity index (χ1n) is 13.8. The summed E-state index contributed by atoms with van der Waals surface area (Å²) in [4.78, 5) is 0. The van der Waals surface area contributed by atoms with E-state index in [1.54, 1.807) is 0 Å². The Morgan fingerprint density at radius 1 is 0.811 bits per heavy atom. The van der Waals surface area contributed by atoms with E-state index >= 15 is 0 Å². The van der Waals surface area contributed by atoms with Gasteiger partial charge in [0.1, 0.15) is 7.05 Å². The van der Waals surface area contributed by atoms with Gasteiger partial charge in [-0.15, -0.1) is 0 Å². The van der Waals surface area contributed by atoms with Crippen LogP contribution in [0.5, 0.6) is 0 Å². The van der Waals surface area contributed by atoms with E-state index in [0.29, 0.717) is 0 Å². The number of para-hydroxylation sites is 1. The Bertz CT molecular complexity index is 1970. The molecular weight excluding hydrogens is 448 g/mol. The number of fused-ring (bicyclic) bond motifs is 5. The summed E-state index contributed by atoms with van der Waals surface area (Å²) < 4.78 is 4.95. The first-order chi connectivity index (χ1) is 18.2. The molecule has 8 rings (SSSR count). The number of aryl methyl sites for hydroxylation is 2. The van der Waals surface area contributed by atoms with Gasteiger partial charge in [0, 0.05) is 22.4 Å². The van der Waals surface area contributed by atoms with Crippen molar-refractivity contribution in [2.45, 2.75) is 39.0 Å². The summed E-state index contributed by atoms with van der Waals surface area (Å²) in [5.74, 6) is 0.823. The van der Waals surface area contributed by atoms with Crippen LogP contribution in [0.4, 0.5) is 0 Å². The number of pyridine rings is 2. The van der Waals surface area contributed by atoms with Crippen molar-refractivity contribution in [3.8, 4) is 11.1 Å². The average molecular weight is 480 g/mol. The molecule has 1 aliphatic carbocycles. The molecule has 0 amide bonds. The number of rotatable bonds is 3. The molecule has 0 unspecified atom stereocenters. The summed E-state index contributed by atoms with van der Waals surface area (Å²) in [6.07, 6.45) is 8.97. The van der Waals surface area contributed by atoms with Gasteiger partial charge in [0.2, 0.25) is 5.52 Å². The van der Waals surface area contributed by atoms with Crippen LogP contribution in [-0.2, 0) is 13.5 Å². The van der Waals surface area contributed by atoms with Gasteiger partial charge in [-0.05, 0) is 47.4 Å². The van der Waals surface area contributed by atoms with Gasteiger partial charge >= 0.3 is 0 Å². The molecular formula is C35H31N2+. The summed E-state index contributed by atoms with van der Waals surface area (Å²) in [6.45, 7) is 2.27. The van der Waals surface area contributed by atoms with E-state index in [2.05, 4.69) is 108 Å². The van der Waals surface area contributed by atoms with Crippen molar-refractivity contribution in [1.82, 2.24) is 4.40 Å². The fraction of sp³-hybridized carbons (Fsp3) is 0.229. The van der Waals surface area contributed by atoms with Gasteiger partial charge in [-0.1, -0.05) is 92.4 Å². The molecule has 2 nitrogen and oxygen atoms in total. The Labute approximate surface area is 217 Å². The topological polar surface area (TPSA) is 8.29 Å². The number of aromatic nitrogens is 2. The highest BCUT2D eigenvalue weighted by atomic mass is 15.0. The number of benzene rings is 4. The standard InChI is InChI=1S/C35H31N2/c1-22-15-16-29-28-14-8-13-27(25-11-4-3-5-12-25)33(28)37-30-21-24(19-23-9-6-7-10-23)20-26-17-18-36(2)35(32(26)30)31(22)34(29)37/h3-5,8,11-18,20-21,23H,6-7,9-10,19H2,1-2H3/q+1. The van der Waals surface area contributed by atoms with Crippen LogP contribution in [0.3, 0.4) is 0 Å². The summed E-state index contributed by atoms with van der Waals surface area (Å²) in [5.41, 5.74) is 10.8. The Morgan fingerprint density at radius 3 is 2.46 bits per heavy atom. The van der Waals surface area contributed by atoms with Crippen molar-refractivity contribution in [1.29, 1.82) is 0 Å². The summed E-state index contributed by atoms with van der Waals surface area (Å²) in [7, 11) is 2.21. The lowest BCUT2D eigenvalue weighted by atomic mass is 9.94. The highest BCUT2D eigenvalue weighted by molar-refractivity contribution is 6.27. The lowest BCUT2D eigenvalue weighted by molar-refractivity contribution is -0.643. The SMILES string of the molecule is Cc1ccc2c3cccc(-c4ccccc4)c3n3c4cc(CC5CCCC5)cc5cc[n+](C)c(c1c23)c54. The monoisotopic (exact) mass is 479 g/mol.